The quantitative estimate of drug-likeness (QED) is 0.837. The Hall–Kier alpha value is -0.350. The van der Waals surface area contributed by atoms with Gasteiger partial charge in [-0.3, -0.25) is 0 Å². The van der Waals surface area contributed by atoms with Crippen LogP contribution in [0, 0.1) is 0 Å². The van der Waals surface area contributed by atoms with E-state index in [1.165, 1.54) is 15.3 Å². The maximum atomic E-state index is 5.94. The topological polar surface area (TPSA) is 12.0 Å². The molecular weight excluding hydrogens is 318 g/mol. The van der Waals surface area contributed by atoms with E-state index in [9.17, 15) is 0 Å². The van der Waals surface area contributed by atoms with Crippen molar-refractivity contribution < 1.29 is 0 Å². The minimum atomic E-state index is 0.755. The number of nitrogens with one attached hydrogen (secondary N) is 1. The molecule has 1 N–H and O–H groups in total. The van der Waals surface area contributed by atoms with Gasteiger partial charge in [0.2, 0.25) is 0 Å². The lowest BCUT2D eigenvalue weighted by Gasteiger charge is -2.02. The highest BCUT2D eigenvalue weighted by Crippen LogP contribution is 2.35. The molecule has 17 heavy (non-hydrogen) atoms. The van der Waals surface area contributed by atoms with Crippen LogP contribution in [0.4, 0.5) is 0 Å². The molecule has 0 saturated carbocycles. The highest BCUT2D eigenvalue weighted by molar-refractivity contribution is 9.10. The second-order valence-electron chi connectivity index (χ2n) is 3.67. The van der Waals surface area contributed by atoms with Gasteiger partial charge in [-0.25, -0.2) is 0 Å². The van der Waals surface area contributed by atoms with Crippen LogP contribution >= 0.6 is 38.9 Å². The van der Waals surface area contributed by atoms with E-state index >= 15 is 0 Å². The van der Waals surface area contributed by atoms with Crippen molar-refractivity contribution in [3.8, 4) is 10.4 Å². The first-order valence-corrected chi connectivity index (χ1v) is 7.44. The molecule has 0 fully saturated rings. The predicted octanol–water partition coefficient (Wildman–Crippen LogP) is 4.94. The summed E-state index contributed by atoms with van der Waals surface area (Å²) in [4.78, 5) is 2.62. The van der Waals surface area contributed by atoms with Crippen molar-refractivity contribution >= 4 is 38.9 Å². The van der Waals surface area contributed by atoms with Gasteiger partial charge in [0.25, 0.3) is 0 Å². The van der Waals surface area contributed by atoms with Gasteiger partial charge in [0.05, 0.1) is 0 Å². The maximum Gasteiger partial charge on any atom is 0.0417 e. The van der Waals surface area contributed by atoms with E-state index in [0.717, 1.165) is 22.6 Å². The normalized spacial score (nSPS) is 10.8. The fourth-order valence-corrected chi connectivity index (χ4v) is 3.60. The molecule has 1 aromatic carbocycles. The van der Waals surface area contributed by atoms with Crippen LogP contribution in [-0.2, 0) is 6.54 Å². The molecule has 1 heterocycles. The molecule has 0 aliphatic rings. The van der Waals surface area contributed by atoms with Crippen LogP contribution in [-0.4, -0.2) is 6.54 Å². The minimum Gasteiger partial charge on any atom is -0.312 e. The summed E-state index contributed by atoms with van der Waals surface area (Å²) >= 11 is 11.3. The number of halogens is 2. The Balaban J connectivity index is 2.24. The van der Waals surface area contributed by atoms with E-state index in [1.807, 2.05) is 23.5 Å². The van der Waals surface area contributed by atoms with Crippen molar-refractivity contribution in [1.82, 2.24) is 5.32 Å². The SMILES string of the molecule is CCNCc1ccc(-c2ccc(Cl)cc2Br)s1. The zero-order valence-electron chi connectivity index (χ0n) is 9.47. The number of thiophene rings is 1. The summed E-state index contributed by atoms with van der Waals surface area (Å²) in [6, 6.07) is 10.2. The molecule has 0 spiro atoms. The highest BCUT2D eigenvalue weighted by atomic mass is 79.9. The summed E-state index contributed by atoms with van der Waals surface area (Å²) in [5.74, 6) is 0. The first kappa shape index (κ1) is 13.1. The van der Waals surface area contributed by atoms with E-state index in [2.05, 4.69) is 46.4 Å². The van der Waals surface area contributed by atoms with Crippen LogP contribution in [0.3, 0.4) is 0 Å². The van der Waals surface area contributed by atoms with Gasteiger partial charge >= 0.3 is 0 Å². The third kappa shape index (κ3) is 3.32. The first-order valence-electron chi connectivity index (χ1n) is 5.45. The molecule has 0 saturated heterocycles. The molecule has 0 aliphatic carbocycles. The number of benzene rings is 1. The zero-order chi connectivity index (χ0) is 12.3. The fourth-order valence-electron chi connectivity index (χ4n) is 1.56. The van der Waals surface area contributed by atoms with Gasteiger partial charge in [-0.15, -0.1) is 11.3 Å². The number of hydrogen-bond acceptors (Lipinski definition) is 2. The number of hydrogen-bond donors (Lipinski definition) is 1. The molecule has 2 rings (SSSR count). The van der Waals surface area contributed by atoms with Crippen LogP contribution in [0.15, 0.2) is 34.8 Å². The summed E-state index contributed by atoms with van der Waals surface area (Å²) in [6.45, 7) is 4.05. The van der Waals surface area contributed by atoms with Crippen molar-refractivity contribution in [2.45, 2.75) is 13.5 Å². The second kappa shape index (κ2) is 6.01. The van der Waals surface area contributed by atoms with Gasteiger partial charge in [0.15, 0.2) is 0 Å². The first-order chi connectivity index (χ1) is 8.20. The lowest BCUT2D eigenvalue weighted by Crippen LogP contribution is -2.10. The molecule has 1 nitrogen and oxygen atoms in total. The van der Waals surface area contributed by atoms with Crippen molar-refractivity contribution in [2.24, 2.45) is 0 Å². The van der Waals surface area contributed by atoms with Crippen molar-refractivity contribution in [1.29, 1.82) is 0 Å². The fraction of sp³-hybridized carbons (Fsp3) is 0.231. The lowest BCUT2D eigenvalue weighted by molar-refractivity contribution is 0.735. The van der Waals surface area contributed by atoms with E-state index in [4.69, 9.17) is 11.6 Å². The van der Waals surface area contributed by atoms with Gasteiger partial charge in [-0.2, -0.15) is 0 Å². The van der Waals surface area contributed by atoms with E-state index in [-0.39, 0.29) is 0 Å². The van der Waals surface area contributed by atoms with E-state index < -0.39 is 0 Å². The van der Waals surface area contributed by atoms with Crippen LogP contribution in [0.2, 0.25) is 5.02 Å². The highest BCUT2D eigenvalue weighted by Gasteiger charge is 2.06. The largest absolute Gasteiger partial charge is 0.312 e. The molecule has 0 radical (unpaired) electrons. The van der Waals surface area contributed by atoms with Crippen molar-refractivity contribution in [3.05, 3.63) is 44.7 Å². The molecule has 0 unspecified atom stereocenters. The molecule has 0 amide bonds. The third-order valence-corrected chi connectivity index (χ3v) is 4.42. The molecule has 0 aliphatic heterocycles. The van der Waals surface area contributed by atoms with Gasteiger partial charge in [-0.1, -0.05) is 40.5 Å². The average Bonchev–Trinajstić information content (AvgIpc) is 2.75. The van der Waals surface area contributed by atoms with E-state index in [1.54, 1.807) is 0 Å². The molecule has 0 atom stereocenters. The Morgan fingerprint density at radius 3 is 2.82 bits per heavy atom. The minimum absolute atomic E-state index is 0.755. The van der Waals surface area contributed by atoms with Crippen molar-refractivity contribution in [3.63, 3.8) is 0 Å². The number of rotatable bonds is 4. The van der Waals surface area contributed by atoms with Gasteiger partial charge in [0.1, 0.15) is 0 Å². The molecule has 0 bridgehead atoms. The van der Waals surface area contributed by atoms with Gasteiger partial charge < -0.3 is 5.32 Å². The standard InChI is InChI=1S/C13H13BrClNS/c1-2-16-8-10-4-6-13(17-10)11-5-3-9(15)7-12(11)14/h3-7,16H,2,8H2,1H3. The monoisotopic (exact) mass is 329 g/mol. The average molecular weight is 331 g/mol. The van der Waals surface area contributed by atoms with Crippen LogP contribution in [0.5, 0.6) is 0 Å². The summed E-state index contributed by atoms with van der Waals surface area (Å²) < 4.78 is 1.04. The molecule has 2 aromatic rings. The Bertz CT molecular complexity index is 510. The van der Waals surface area contributed by atoms with Crippen LogP contribution in [0.25, 0.3) is 10.4 Å². The van der Waals surface area contributed by atoms with Gasteiger partial charge in [0, 0.05) is 31.4 Å². The van der Waals surface area contributed by atoms with Crippen LogP contribution < -0.4 is 5.32 Å². The maximum absolute atomic E-state index is 5.94. The lowest BCUT2D eigenvalue weighted by atomic mass is 10.2. The molecular formula is C13H13BrClNS. The summed E-state index contributed by atoms with van der Waals surface area (Å²) in [5.41, 5.74) is 1.20. The summed E-state index contributed by atoms with van der Waals surface area (Å²) in [6.07, 6.45) is 0. The molecule has 90 valence electrons. The summed E-state index contributed by atoms with van der Waals surface area (Å²) in [7, 11) is 0. The van der Waals surface area contributed by atoms with Crippen LogP contribution in [0.1, 0.15) is 11.8 Å². The van der Waals surface area contributed by atoms with Crippen molar-refractivity contribution in [2.75, 3.05) is 6.54 Å². The summed E-state index contributed by atoms with van der Waals surface area (Å²) in [5, 5.41) is 4.09. The second-order valence-corrected chi connectivity index (χ2v) is 6.13. The van der Waals surface area contributed by atoms with Gasteiger partial charge in [-0.05, 0) is 30.8 Å². The van der Waals surface area contributed by atoms with E-state index in [0.29, 0.717) is 0 Å². The third-order valence-electron chi connectivity index (χ3n) is 2.41. The Morgan fingerprint density at radius 2 is 2.12 bits per heavy atom. The Morgan fingerprint density at radius 1 is 1.29 bits per heavy atom. The predicted molar refractivity (Wildman–Crippen MR) is 79.8 cm³/mol. The molecule has 4 heteroatoms. The molecule has 1 aromatic heterocycles. The Kier molecular flexibility index (Phi) is 4.62. The zero-order valence-corrected chi connectivity index (χ0v) is 12.6. The Labute approximate surface area is 119 Å². The smallest absolute Gasteiger partial charge is 0.0417 e.